The van der Waals surface area contributed by atoms with E-state index in [1.807, 2.05) is 5.38 Å². The number of thiophene rings is 1. The van der Waals surface area contributed by atoms with Crippen molar-refractivity contribution < 1.29 is 14.0 Å². The number of benzene rings is 1. The first-order chi connectivity index (χ1) is 11.1. The molecular weight excluding hydrogens is 384 g/mol. The molecule has 2 heterocycles. The summed E-state index contributed by atoms with van der Waals surface area (Å²) in [5, 5.41) is 8.93. The third-order valence-corrected chi connectivity index (χ3v) is 5.43. The number of anilines is 2. The number of aromatic nitrogens is 1. The van der Waals surface area contributed by atoms with Crippen LogP contribution in [0.1, 0.15) is 19.6 Å². The van der Waals surface area contributed by atoms with Crippen LogP contribution >= 0.6 is 11.3 Å². The van der Waals surface area contributed by atoms with E-state index in [0.717, 1.165) is 0 Å². The Balaban J connectivity index is 1.65. The Morgan fingerprint density at radius 2 is 1.87 bits per heavy atom. The minimum atomic E-state index is -0.379. The predicted molar refractivity (Wildman–Crippen MR) is 87.8 cm³/mol. The van der Waals surface area contributed by atoms with Crippen LogP contribution in [0.3, 0.4) is 0 Å². The van der Waals surface area contributed by atoms with E-state index in [4.69, 9.17) is 0 Å². The molecular formula is C15H10FN3O2SSe. The Kier molecular flexibility index (Phi) is 4.66. The SMILES string of the molecule is O=C(Nc1ncc(C(=O)Nc2ccc(F)cc2)[se]1)c1ccsc1. The molecule has 2 N–H and O–H groups in total. The molecule has 0 aliphatic heterocycles. The molecule has 116 valence electrons. The number of nitrogens with one attached hydrogen (secondary N) is 2. The number of carbonyl (C=O) groups is 2. The Hall–Kier alpha value is -2.28. The topological polar surface area (TPSA) is 71.1 Å². The summed E-state index contributed by atoms with van der Waals surface area (Å²) in [6.45, 7) is 0. The summed E-state index contributed by atoms with van der Waals surface area (Å²) in [6.07, 6.45) is 1.45. The second-order valence-corrected chi connectivity index (χ2v) is 7.40. The van der Waals surface area contributed by atoms with Crippen LogP contribution in [0.15, 0.2) is 47.3 Å². The molecule has 0 bridgehead atoms. The van der Waals surface area contributed by atoms with Crippen LogP contribution in [-0.2, 0) is 0 Å². The van der Waals surface area contributed by atoms with Gasteiger partial charge < -0.3 is 0 Å². The zero-order chi connectivity index (χ0) is 16.2. The zero-order valence-electron chi connectivity index (χ0n) is 11.6. The number of nitrogens with zero attached hydrogens (tertiary/aromatic N) is 1. The van der Waals surface area contributed by atoms with Gasteiger partial charge in [-0.2, -0.15) is 0 Å². The standard InChI is InChI=1S/C15H10FN3O2SSe/c16-10-1-3-11(4-2-10)18-14(21)12-7-17-15(23-12)19-13(20)9-5-6-22-8-9/h1-8H,(H,18,21)(H,17,19,20). The predicted octanol–water partition coefficient (Wildman–Crippen LogP) is 2.84. The van der Waals surface area contributed by atoms with E-state index < -0.39 is 0 Å². The zero-order valence-corrected chi connectivity index (χ0v) is 14.1. The van der Waals surface area contributed by atoms with Gasteiger partial charge in [-0.25, -0.2) is 0 Å². The van der Waals surface area contributed by atoms with Crippen molar-refractivity contribution in [1.82, 2.24) is 4.98 Å². The molecule has 0 spiro atoms. The van der Waals surface area contributed by atoms with E-state index in [1.54, 1.807) is 11.4 Å². The van der Waals surface area contributed by atoms with Gasteiger partial charge in [-0.05, 0) is 0 Å². The first-order valence-corrected chi connectivity index (χ1v) is 9.14. The first-order valence-electron chi connectivity index (χ1n) is 6.48. The molecule has 0 aliphatic rings. The molecule has 0 fully saturated rings. The van der Waals surface area contributed by atoms with Crippen molar-refractivity contribution in [1.29, 1.82) is 0 Å². The van der Waals surface area contributed by atoms with Gasteiger partial charge in [0.25, 0.3) is 0 Å². The molecule has 8 heteroatoms. The fourth-order valence-corrected chi connectivity index (χ4v) is 3.84. The van der Waals surface area contributed by atoms with Crippen molar-refractivity contribution in [3.05, 3.63) is 63.1 Å². The van der Waals surface area contributed by atoms with E-state index in [2.05, 4.69) is 15.6 Å². The molecule has 3 aromatic rings. The van der Waals surface area contributed by atoms with Crippen LogP contribution in [0.5, 0.6) is 0 Å². The normalized spacial score (nSPS) is 10.3. The third-order valence-electron chi connectivity index (χ3n) is 2.84. The summed E-state index contributed by atoms with van der Waals surface area (Å²) in [6, 6.07) is 7.23. The van der Waals surface area contributed by atoms with E-state index >= 15 is 0 Å². The van der Waals surface area contributed by atoms with Gasteiger partial charge in [-0.3, -0.25) is 0 Å². The molecule has 23 heavy (non-hydrogen) atoms. The summed E-state index contributed by atoms with van der Waals surface area (Å²) in [5.41, 5.74) is 1.07. The van der Waals surface area contributed by atoms with Gasteiger partial charge in [-0.15, -0.1) is 0 Å². The maximum absolute atomic E-state index is 12.8. The molecule has 0 saturated carbocycles. The van der Waals surface area contributed by atoms with Gasteiger partial charge in [0.1, 0.15) is 0 Å². The van der Waals surface area contributed by atoms with Crippen LogP contribution < -0.4 is 10.6 Å². The van der Waals surface area contributed by atoms with Crippen LogP contribution in [-0.4, -0.2) is 31.3 Å². The molecule has 0 atom stereocenters. The molecule has 3 rings (SSSR count). The third kappa shape index (κ3) is 3.92. The molecule has 0 saturated heterocycles. The number of amides is 2. The summed E-state index contributed by atoms with van der Waals surface area (Å²) in [4.78, 5) is 28.1. The Morgan fingerprint density at radius 3 is 2.57 bits per heavy atom. The molecule has 2 amide bonds. The quantitative estimate of drug-likeness (QED) is 0.669. The Labute approximate surface area is 140 Å². The number of rotatable bonds is 4. The molecule has 2 aromatic heterocycles. The number of hydrogen-bond donors (Lipinski definition) is 2. The van der Waals surface area contributed by atoms with Crippen LogP contribution in [0.25, 0.3) is 0 Å². The molecule has 1 aromatic carbocycles. The van der Waals surface area contributed by atoms with E-state index in [-0.39, 0.29) is 32.1 Å². The average Bonchev–Trinajstić information content (AvgIpc) is 3.20. The van der Waals surface area contributed by atoms with Crippen molar-refractivity contribution in [3.8, 4) is 0 Å². The molecule has 5 nitrogen and oxygen atoms in total. The van der Waals surface area contributed by atoms with Gasteiger partial charge in [0.05, 0.1) is 0 Å². The van der Waals surface area contributed by atoms with Gasteiger partial charge in [-0.1, -0.05) is 0 Å². The van der Waals surface area contributed by atoms with E-state index in [0.29, 0.717) is 20.4 Å². The molecule has 0 unspecified atom stereocenters. The maximum atomic E-state index is 12.8. The van der Waals surface area contributed by atoms with Gasteiger partial charge >= 0.3 is 141 Å². The van der Waals surface area contributed by atoms with Crippen molar-refractivity contribution in [3.63, 3.8) is 0 Å². The fourth-order valence-electron chi connectivity index (χ4n) is 1.73. The number of hydrogen-bond acceptors (Lipinski definition) is 4. The Bertz CT molecular complexity index is 831. The number of halogens is 1. The van der Waals surface area contributed by atoms with E-state index in [9.17, 15) is 14.0 Å². The summed E-state index contributed by atoms with van der Waals surface area (Å²) in [7, 11) is 0. The van der Waals surface area contributed by atoms with Crippen LogP contribution in [0, 0.1) is 5.82 Å². The van der Waals surface area contributed by atoms with Gasteiger partial charge in [0.2, 0.25) is 0 Å². The second kappa shape index (κ2) is 6.87. The average molecular weight is 394 g/mol. The number of carbonyl (C=O) groups excluding carboxylic acids is 2. The van der Waals surface area contributed by atoms with Gasteiger partial charge in [0, 0.05) is 0 Å². The van der Waals surface area contributed by atoms with Gasteiger partial charge in [0.15, 0.2) is 0 Å². The first kappa shape index (κ1) is 15.6. The summed E-state index contributed by atoms with van der Waals surface area (Å²) in [5.74, 6) is -0.908. The van der Waals surface area contributed by atoms with E-state index in [1.165, 1.54) is 41.8 Å². The fraction of sp³-hybridized carbons (Fsp3) is 0. The van der Waals surface area contributed by atoms with Crippen molar-refractivity contribution in [2.24, 2.45) is 0 Å². The molecule has 0 aliphatic carbocycles. The van der Waals surface area contributed by atoms with Crippen molar-refractivity contribution in [2.45, 2.75) is 0 Å². The van der Waals surface area contributed by atoms with Crippen molar-refractivity contribution in [2.75, 3.05) is 10.6 Å². The monoisotopic (exact) mass is 395 g/mol. The Morgan fingerprint density at radius 1 is 1.09 bits per heavy atom. The van der Waals surface area contributed by atoms with Crippen molar-refractivity contribution >= 4 is 48.0 Å². The minimum absolute atomic E-state index is 0.236. The van der Waals surface area contributed by atoms with Crippen LogP contribution in [0.2, 0.25) is 0 Å². The second-order valence-electron chi connectivity index (χ2n) is 4.46. The summed E-state index contributed by atoms with van der Waals surface area (Å²) >= 11 is 1.05. The van der Waals surface area contributed by atoms with Crippen LogP contribution in [0.4, 0.5) is 14.8 Å². The summed E-state index contributed by atoms with van der Waals surface area (Å²) < 4.78 is 13.8. The molecule has 0 radical (unpaired) electrons.